The lowest BCUT2D eigenvalue weighted by Crippen LogP contribution is -2.32. The summed E-state index contributed by atoms with van der Waals surface area (Å²) in [5.41, 5.74) is 1.83. The van der Waals surface area contributed by atoms with Gasteiger partial charge < -0.3 is 14.6 Å². The van der Waals surface area contributed by atoms with Gasteiger partial charge in [-0.15, -0.1) is 11.3 Å². The fourth-order valence-corrected chi connectivity index (χ4v) is 3.22. The summed E-state index contributed by atoms with van der Waals surface area (Å²) in [6, 6.07) is 3.99. The van der Waals surface area contributed by atoms with Gasteiger partial charge in [-0.2, -0.15) is 0 Å². The van der Waals surface area contributed by atoms with Crippen LogP contribution >= 0.6 is 11.3 Å². The Hall–Kier alpha value is -1.33. The first kappa shape index (κ1) is 11.7. The average Bonchev–Trinajstić information content (AvgIpc) is 3.05. The highest BCUT2D eigenvalue weighted by Gasteiger charge is 2.18. The molecular formula is C13H16N2O2S. The van der Waals surface area contributed by atoms with Crippen LogP contribution in [-0.2, 0) is 11.8 Å². The smallest absolute Gasteiger partial charge is 0.268 e. The van der Waals surface area contributed by atoms with Gasteiger partial charge in [-0.1, -0.05) is 0 Å². The van der Waals surface area contributed by atoms with Crippen LogP contribution in [0.3, 0.4) is 0 Å². The van der Waals surface area contributed by atoms with Crippen LogP contribution in [0.15, 0.2) is 17.5 Å². The Morgan fingerprint density at radius 3 is 3.28 bits per heavy atom. The number of hydrogen-bond donors (Lipinski definition) is 1. The minimum Gasteiger partial charge on any atom is -0.376 e. The molecule has 1 amide bonds. The molecule has 18 heavy (non-hydrogen) atoms. The van der Waals surface area contributed by atoms with Crippen LogP contribution in [0.2, 0.25) is 0 Å². The standard InChI is InChI=1S/C13H16N2O2S/c1-15-10-4-6-18-12(10)7-11(15)13(16)14-8-9-3-2-5-17-9/h4,6-7,9H,2-3,5,8H2,1H3,(H,14,16)/t9-/m1/s1. The maximum Gasteiger partial charge on any atom is 0.268 e. The average molecular weight is 264 g/mol. The molecule has 0 aromatic carbocycles. The number of rotatable bonds is 3. The molecule has 2 aromatic rings. The van der Waals surface area contributed by atoms with Crippen molar-refractivity contribution in [3.8, 4) is 0 Å². The highest BCUT2D eigenvalue weighted by molar-refractivity contribution is 7.17. The number of aromatic nitrogens is 1. The summed E-state index contributed by atoms with van der Waals surface area (Å²) in [5.74, 6) is -0.0172. The summed E-state index contributed by atoms with van der Waals surface area (Å²) in [6.45, 7) is 1.43. The summed E-state index contributed by atoms with van der Waals surface area (Å²) in [5, 5.41) is 4.99. The van der Waals surface area contributed by atoms with Crippen molar-refractivity contribution in [1.82, 2.24) is 9.88 Å². The first-order chi connectivity index (χ1) is 8.75. The number of carbonyl (C=O) groups is 1. The van der Waals surface area contributed by atoms with Crippen LogP contribution in [0.4, 0.5) is 0 Å². The van der Waals surface area contributed by atoms with Crippen LogP contribution in [0.1, 0.15) is 23.3 Å². The van der Waals surface area contributed by atoms with Gasteiger partial charge >= 0.3 is 0 Å². The molecule has 1 saturated heterocycles. The van der Waals surface area contributed by atoms with E-state index in [2.05, 4.69) is 5.32 Å². The minimum absolute atomic E-state index is 0.0172. The minimum atomic E-state index is -0.0172. The summed E-state index contributed by atoms with van der Waals surface area (Å²) < 4.78 is 8.59. The van der Waals surface area contributed by atoms with E-state index >= 15 is 0 Å². The molecular weight excluding hydrogens is 248 g/mol. The lowest BCUT2D eigenvalue weighted by Gasteiger charge is -2.11. The van der Waals surface area contributed by atoms with Crippen LogP contribution in [0.5, 0.6) is 0 Å². The number of aryl methyl sites for hydroxylation is 1. The van der Waals surface area contributed by atoms with Crippen molar-refractivity contribution in [2.24, 2.45) is 7.05 Å². The van der Waals surface area contributed by atoms with E-state index in [0.29, 0.717) is 6.54 Å². The van der Waals surface area contributed by atoms with Crippen molar-refractivity contribution in [1.29, 1.82) is 0 Å². The number of hydrogen-bond acceptors (Lipinski definition) is 3. The molecule has 0 aliphatic carbocycles. The molecule has 1 fully saturated rings. The molecule has 1 atom stereocenters. The van der Waals surface area contributed by atoms with Crippen molar-refractivity contribution in [2.75, 3.05) is 13.2 Å². The van der Waals surface area contributed by atoms with E-state index < -0.39 is 0 Å². The second-order valence-electron chi connectivity index (χ2n) is 4.60. The summed E-state index contributed by atoms with van der Waals surface area (Å²) in [4.78, 5) is 12.1. The zero-order chi connectivity index (χ0) is 12.5. The van der Waals surface area contributed by atoms with Crippen molar-refractivity contribution in [3.63, 3.8) is 0 Å². The third-order valence-electron chi connectivity index (χ3n) is 3.41. The number of carbonyl (C=O) groups excluding carboxylic acids is 1. The Bertz CT molecular complexity index is 567. The highest BCUT2D eigenvalue weighted by Crippen LogP contribution is 2.24. The summed E-state index contributed by atoms with van der Waals surface area (Å²) in [6.07, 6.45) is 2.33. The molecule has 0 radical (unpaired) electrons. The third-order valence-corrected chi connectivity index (χ3v) is 4.26. The molecule has 2 aromatic heterocycles. The van der Waals surface area contributed by atoms with Crippen LogP contribution < -0.4 is 5.32 Å². The van der Waals surface area contributed by atoms with E-state index in [1.165, 1.54) is 0 Å². The largest absolute Gasteiger partial charge is 0.376 e. The molecule has 4 nitrogen and oxygen atoms in total. The molecule has 0 saturated carbocycles. The topological polar surface area (TPSA) is 43.3 Å². The zero-order valence-electron chi connectivity index (χ0n) is 10.3. The monoisotopic (exact) mass is 264 g/mol. The Kier molecular flexibility index (Phi) is 3.09. The van der Waals surface area contributed by atoms with Crippen molar-refractivity contribution in [2.45, 2.75) is 18.9 Å². The fourth-order valence-electron chi connectivity index (χ4n) is 2.37. The normalized spacial score (nSPS) is 19.5. The van der Waals surface area contributed by atoms with Gasteiger partial charge in [0.05, 0.1) is 16.3 Å². The number of nitrogens with one attached hydrogen (secondary N) is 1. The van der Waals surface area contributed by atoms with Gasteiger partial charge in [0.15, 0.2) is 0 Å². The molecule has 5 heteroatoms. The molecule has 1 aliphatic heterocycles. The van der Waals surface area contributed by atoms with Gasteiger partial charge in [0.1, 0.15) is 5.69 Å². The quantitative estimate of drug-likeness (QED) is 0.923. The zero-order valence-corrected chi connectivity index (χ0v) is 11.1. The SMILES string of the molecule is Cn1c(C(=O)NC[C@H]2CCCO2)cc2sccc21. The van der Waals surface area contributed by atoms with Crippen LogP contribution in [-0.4, -0.2) is 29.7 Å². The van der Waals surface area contributed by atoms with Crippen molar-refractivity contribution < 1.29 is 9.53 Å². The number of thiophene rings is 1. The molecule has 3 heterocycles. The molecule has 3 rings (SSSR count). The van der Waals surface area contributed by atoms with Gasteiger partial charge in [-0.05, 0) is 30.4 Å². The van der Waals surface area contributed by atoms with Crippen molar-refractivity contribution in [3.05, 3.63) is 23.2 Å². The van der Waals surface area contributed by atoms with Gasteiger partial charge in [-0.3, -0.25) is 4.79 Å². The van der Waals surface area contributed by atoms with E-state index in [-0.39, 0.29) is 12.0 Å². The molecule has 96 valence electrons. The predicted molar refractivity (Wildman–Crippen MR) is 72.1 cm³/mol. The molecule has 0 spiro atoms. The fraction of sp³-hybridized carbons (Fsp3) is 0.462. The Balaban J connectivity index is 1.71. The van der Waals surface area contributed by atoms with Crippen LogP contribution in [0.25, 0.3) is 10.2 Å². The number of ether oxygens (including phenoxy) is 1. The first-order valence-electron chi connectivity index (χ1n) is 6.18. The van der Waals surface area contributed by atoms with Gasteiger partial charge in [-0.25, -0.2) is 0 Å². The third kappa shape index (κ3) is 2.04. The molecule has 0 unspecified atom stereocenters. The van der Waals surface area contributed by atoms with E-state index in [4.69, 9.17) is 4.74 Å². The van der Waals surface area contributed by atoms with Crippen LogP contribution in [0, 0.1) is 0 Å². The Labute approximate surface area is 110 Å². The molecule has 0 bridgehead atoms. The van der Waals surface area contributed by atoms with Crippen molar-refractivity contribution >= 4 is 27.5 Å². The summed E-state index contributed by atoms with van der Waals surface area (Å²) in [7, 11) is 1.93. The number of fused-ring (bicyclic) bond motifs is 1. The van der Waals surface area contributed by atoms with Gasteiger partial charge in [0.25, 0.3) is 5.91 Å². The highest BCUT2D eigenvalue weighted by atomic mass is 32.1. The van der Waals surface area contributed by atoms with Gasteiger partial charge in [0, 0.05) is 20.2 Å². The second kappa shape index (κ2) is 4.74. The maximum atomic E-state index is 12.1. The number of amides is 1. The number of nitrogens with zero attached hydrogens (tertiary/aromatic N) is 1. The summed E-state index contributed by atoms with van der Waals surface area (Å²) >= 11 is 1.66. The maximum absolute atomic E-state index is 12.1. The van der Waals surface area contributed by atoms with E-state index in [1.54, 1.807) is 11.3 Å². The molecule has 1 aliphatic rings. The second-order valence-corrected chi connectivity index (χ2v) is 5.55. The van der Waals surface area contributed by atoms with Gasteiger partial charge in [0.2, 0.25) is 0 Å². The van der Waals surface area contributed by atoms with E-state index in [9.17, 15) is 4.79 Å². The lowest BCUT2D eigenvalue weighted by molar-refractivity contribution is 0.0851. The van der Waals surface area contributed by atoms with E-state index in [0.717, 1.165) is 35.4 Å². The lowest BCUT2D eigenvalue weighted by atomic mass is 10.2. The first-order valence-corrected chi connectivity index (χ1v) is 7.06. The molecule has 1 N–H and O–H groups in total. The Morgan fingerprint density at radius 2 is 2.56 bits per heavy atom. The Morgan fingerprint density at radius 1 is 1.67 bits per heavy atom. The predicted octanol–water partition coefficient (Wildman–Crippen LogP) is 2.15. The van der Waals surface area contributed by atoms with E-state index in [1.807, 2.05) is 29.1 Å².